The Balaban J connectivity index is 1.86. The van der Waals surface area contributed by atoms with E-state index in [-0.39, 0.29) is 11.9 Å². The van der Waals surface area contributed by atoms with E-state index in [0.29, 0.717) is 12.1 Å². The molecule has 2 aromatic rings. The van der Waals surface area contributed by atoms with E-state index in [4.69, 9.17) is 0 Å². The first-order chi connectivity index (χ1) is 13.4. The van der Waals surface area contributed by atoms with E-state index in [9.17, 15) is 9.90 Å². The van der Waals surface area contributed by atoms with Crippen molar-refractivity contribution in [1.82, 2.24) is 9.88 Å². The summed E-state index contributed by atoms with van der Waals surface area (Å²) in [5.41, 5.74) is 1.20. The van der Waals surface area contributed by atoms with Crippen LogP contribution in [0.25, 0.3) is 0 Å². The van der Waals surface area contributed by atoms with Crippen molar-refractivity contribution in [3.05, 3.63) is 65.5 Å². The van der Waals surface area contributed by atoms with Crippen molar-refractivity contribution in [2.45, 2.75) is 64.1 Å². The summed E-state index contributed by atoms with van der Waals surface area (Å²) >= 11 is 0. The van der Waals surface area contributed by atoms with Crippen molar-refractivity contribution in [1.29, 1.82) is 0 Å². The van der Waals surface area contributed by atoms with Gasteiger partial charge in [-0.15, -0.1) is 0 Å². The van der Waals surface area contributed by atoms with Gasteiger partial charge in [-0.3, -0.25) is 9.78 Å². The van der Waals surface area contributed by atoms with Gasteiger partial charge in [0.25, 0.3) is 5.91 Å². The van der Waals surface area contributed by atoms with Gasteiger partial charge in [0.2, 0.25) is 0 Å². The number of aromatic nitrogens is 1. The van der Waals surface area contributed by atoms with Crippen LogP contribution in [0.5, 0.6) is 0 Å². The highest BCUT2D eigenvalue weighted by Gasteiger charge is 2.26. The van der Waals surface area contributed by atoms with Crippen LogP contribution in [0.1, 0.15) is 67.6 Å². The second-order valence-corrected chi connectivity index (χ2v) is 7.94. The van der Waals surface area contributed by atoms with Gasteiger partial charge in [0.05, 0.1) is 12.2 Å². The lowest BCUT2D eigenvalue weighted by molar-refractivity contribution is 0.0611. The van der Waals surface area contributed by atoms with Crippen LogP contribution in [-0.2, 0) is 6.54 Å². The highest BCUT2D eigenvalue weighted by atomic mass is 16.3. The molecular weight excluding hydrogens is 348 g/mol. The van der Waals surface area contributed by atoms with E-state index in [1.165, 1.54) is 6.42 Å². The molecule has 0 bridgehead atoms. The molecule has 3 rings (SSSR count). The van der Waals surface area contributed by atoms with Gasteiger partial charge in [0, 0.05) is 23.4 Å². The quantitative estimate of drug-likeness (QED) is 0.815. The molecule has 0 unspecified atom stereocenters. The van der Waals surface area contributed by atoms with E-state index >= 15 is 0 Å². The first-order valence-corrected chi connectivity index (χ1v) is 9.99. The molecule has 1 aliphatic carbocycles. The molecule has 1 saturated carbocycles. The first-order valence-electron chi connectivity index (χ1n) is 9.99. The fourth-order valence-corrected chi connectivity index (χ4v) is 3.55. The summed E-state index contributed by atoms with van der Waals surface area (Å²) in [6.07, 6.45) is 7.41. The third-order valence-electron chi connectivity index (χ3n) is 4.96. The number of nitrogens with zero attached hydrogens (tertiary/aromatic N) is 2. The highest BCUT2D eigenvalue weighted by molar-refractivity contribution is 5.94. The summed E-state index contributed by atoms with van der Waals surface area (Å²) in [5.74, 6) is 5.79. The first kappa shape index (κ1) is 20.1. The van der Waals surface area contributed by atoms with Crippen LogP contribution in [0, 0.1) is 11.8 Å². The second-order valence-electron chi connectivity index (χ2n) is 7.94. The zero-order valence-corrected chi connectivity index (χ0v) is 16.7. The standard InChI is InChI=1S/C24H28N2O2/c1-24(2,28)15-14-19-9-8-10-20(17-19)23(27)26(22-12-4-3-5-13-22)18-21-11-6-7-16-25-21/h6-11,16-17,22,28H,3-5,12-13,18H2,1-2H3. The number of hydrogen-bond acceptors (Lipinski definition) is 3. The van der Waals surface area contributed by atoms with Crippen LogP contribution in [0.3, 0.4) is 0 Å². The normalized spacial score (nSPS) is 14.8. The zero-order valence-electron chi connectivity index (χ0n) is 16.7. The van der Waals surface area contributed by atoms with Gasteiger partial charge in [-0.05, 0) is 57.0 Å². The molecule has 146 valence electrons. The van der Waals surface area contributed by atoms with Crippen molar-refractivity contribution in [2.24, 2.45) is 0 Å². The summed E-state index contributed by atoms with van der Waals surface area (Å²) in [6, 6.07) is 13.4. The molecule has 1 aromatic heterocycles. The molecule has 0 radical (unpaired) electrons. The molecule has 1 heterocycles. The number of benzene rings is 1. The Morgan fingerprint density at radius 1 is 1.18 bits per heavy atom. The van der Waals surface area contributed by atoms with E-state index in [1.807, 2.05) is 47.4 Å². The minimum atomic E-state index is -1.06. The Hall–Kier alpha value is -2.64. The molecule has 4 nitrogen and oxygen atoms in total. The van der Waals surface area contributed by atoms with Gasteiger partial charge in [-0.2, -0.15) is 0 Å². The lowest BCUT2D eigenvalue weighted by Gasteiger charge is -2.34. The van der Waals surface area contributed by atoms with Crippen LogP contribution >= 0.6 is 0 Å². The smallest absolute Gasteiger partial charge is 0.254 e. The Labute approximate surface area is 167 Å². The largest absolute Gasteiger partial charge is 0.378 e. The van der Waals surface area contributed by atoms with Crippen molar-refractivity contribution >= 4 is 5.91 Å². The maximum atomic E-state index is 13.4. The van der Waals surface area contributed by atoms with E-state index < -0.39 is 5.60 Å². The summed E-state index contributed by atoms with van der Waals surface area (Å²) in [4.78, 5) is 19.8. The zero-order chi connectivity index (χ0) is 20.0. The van der Waals surface area contributed by atoms with Gasteiger partial charge < -0.3 is 10.0 Å². The minimum Gasteiger partial charge on any atom is -0.378 e. The molecular formula is C24H28N2O2. The average Bonchev–Trinajstić information content (AvgIpc) is 2.71. The second kappa shape index (κ2) is 9.03. The van der Waals surface area contributed by atoms with Crippen LogP contribution < -0.4 is 0 Å². The Morgan fingerprint density at radius 3 is 2.64 bits per heavy atom. The van der Waals surface area contributed by atoms with Crippen LogP contribution in [0.15, 0.2) is 48.7 Å². The molecule has 0 spiro atoms. The predicted molar refractivity (Wildman–Crippen MR) is 111 cm³/mol. The number of carbonyl (C=O) groups is 1. The summed E-state index contributed by atoms with van der Waals surface area (Å²) < 4.78 is 0. The maximum absolute atomic E-state index is 13.4. The Kier molecular flexibility index (Phi) is 6.49. The Morgan fingerprint density at radius 2 is 1.96 bits per heavy atom. The lowest BCUT2D eigenvalue weighted by atomic mass is 9.93. The highest BCUT2D eigenvalue weighted by Crippen LogP contribution is 2.25. The van der Waals surface area contributed by atoms with Gasteiger partial charge in [-0.25, -0.2) is 0 Å². The fraction of sp³-hybridized carbons (Fsp3) is 0.417. The predicted octanol–water partition coefficient (Wildman–Crippen LogP) is 4.18. The molecule has 28 heavy (non-hydrogen) atoms. The third kappa shape index (κ3) is 5.68. The van der Waals surface area contributed by atoms with Crippen LogP contribution in [-0.4, -0.2) is 32.5 Å². The molecule has 1 N–H and O–H groups in total. The lowest BCUT2D eigenvalue weighted by Crippen LogP contribution is -2.41. The number of amides is 1. The molecule has 1 aliphatic rings. The number of pyridine rings is 1. The van der Waals surface area contributed by atoms with E-state index in [0.717, 1.165) is 36.9 Å². The van der Waals surface area contributed by atoms with Crippen LogP contribution in [0.2, 0.25) is 0 Å². The molecule has 0 saturated heterocycles. The Bertz CT molecular complexity index is 853. The van der Waals surface area contributed by atoms with Crippen molar-refractivity contribution in [3.63, 3.8) is 0 Å². The van der Waals surface area contributed by atoms with Gasteiger partial charge >= 0.3 is 0 Å². The number of rotatable bonds is 4. The van der Waals surface area contributed by atoms with Gasteiger partial charge in [0.15, 0.2) is 0 Å². The van der Waals surface area contributed by atoms with Gasteiger partial charge in [-0.1, -0.05) is 43.2 Å². The van der Waals surface area contributed by atoms with Gasteiger partial charge in [0.1, 0.15) is 5.60 Å². The molecule has 0 aliphatic heterocycles. The molecule has 1 aromatic carbocycles. The third-order valence-corrected chi connectivity index (χ3v) is 4.96. The SMILES string of the molecule is CC(C)(O)C#Cc1cccc(C(=O)N(Cc2ccccn2)C2CCCCC2)c1. The maximum Gasteiger partial charge on any atom is 0.254 e. The topological polar surface area (TPSA) is 53.4 Å². The summed E-state index contributed by atoms with van der Waals surface area (Å²) in [5, 5.41) is 9.82. The molecule has 4 heteroatoms. The van der Waals surface area contributed by atoms with Crippen LogP contribution in [0.4, 0.5) is 0 Å². The molecule has 1 fully saturated rings. The van der Waals surface area contributed by atoms with E-state index in [2.05, 4.69) is 16.8 Å². The van der Waals surface area contributed by atoms with Crippen molar-refractivity contribution in [3.8, 4) is 11.8 Å². The fourth-order valence-electron chi connectivity index (χ4n) is 3.55. The monoisotopic (exact) mass is 376 g/mol. The van der Waals surface area contributed by atoms with Crippen molar-refractivity contribution in [2.75, 3.05) is 0 Å². The molecule has 0 atom stereocenters. The summed E-state index contributed by atoms with van der Waals surface area (Å²) in [6.45, 7) is 3.81. The number of carbonyl (C=O) groups excluding carboxylic acids is 1. The summed E-state index contributed by atoms with van der Waals surface area (Å²) in [7, 11) is 0. The van der Waals surface area contributed by atoms with E-state index in [1.54, 1.807) is 20.0 Å². The minimum absolute atomic E-state index is 0.0180. The molecule has 1 amide bonds. The average molecular weight is 377 g/mol. The number of aliphatic hydroxyl groups is 1. The van der Waals surface area contributed by atoms with Crippen molar-refractivity contribution < 1.29 is 9.90 Å². The number of hydrogen-bond donors (Lipinski definition) is 1.